The lowest BCUT2D eigenvalue weighted by Gasteiger charge is -2.11. The summed E-state index contributed by atoms with van der Waals surface area (Å²) in [6, 6.07) is 17.2. The van der Waals surface area contributed by atoms with E-state index in [0.717, 1.165) is 12.8 Å². The van der Waals surface area contributed by atoms with Gasteiger partial charge in [-0.25, -0.2) is 0 Å². The molecule has 0 radical (unpaired) electrons. The number of alkyl halides is 2. The van der Waals surface area contributed by atoms with Crippen molar-refractivity contribution in [3.63, 3.8) is 0 Å². The number of hydrogen-bond donors (Lipinski definition) is 0. The minimum absolute atomic E-state index is 0.420. The molecule has 124 valence electrons. The van der Waals surface area contributed by atoms with Crippen LogP contribution in [0.15, 0.2) is 48.5 Å². The molecule has 1 nitrogen and oxygen atoms in total. The molecule has 0 heterocycles. The van der Waals surface area contributed by atoms with Gasteiger partial charge in [0.2, 0.25) is 0 Å². The van der Waals surface area contributed by atoms with Crippen LogP contribution in [0, 0.1) is 0 Å². The maximum Gasteiger partial charge on any atom is 0.0721 e. The van der Waals surface area contributed by atoms with E-state index in [1.165, 1.54) is 22.3 Å². The molecule has 2 rings (SSSR count). The molecule has 2 atom stereocenters. The molecular weight excluding hydrogens is 416 g/mol. The molecule has 0 N–H and O–H groups in total. The molecule has 0 amide bonds. The Bertz CT molecular complexity index is 559. The van der Waals surface area contributed by atoms with E-state index in [2.05, 4.69) is 94.2 Å². The standard InChI is InChI=1S/C20H24Br2O/c1-3-19(21)17-9-5-7-15(11-17)13-23-14-16-8-6-10-18(12-16)20(22)4-2/h5-12,19-20H,3-4,13-14H2,1-2H3. The number of hydrogen-bond acceptors (Lipinski definition) is 1. The molecule has 0 bridgehead atoms. The van der Waals surface area contributed by atoms with Gasteiger partial charge < -0.3 is 4.74 Å². The van der Waals surface area contributed by atoms with Gasteiger partial charge in [-0.05, 0) is 35.1 Å². The summed E-state index contributed by atoms with van der Waals surface area (Å²) in [4.78, 5) is 0.841. The molecule has 23 heavy (non-hydrogen) atoms. The Balaban J connectivity index is 1.92. The first-order valence-electron chi connectivity index (χ1n) is 8.17. The molecule has 0 aliphatic carbocycles. The zero-order valence-electron chi connectivity index (χ0n) is 13.8. The highest BCUT2D eigenvalue weighted by molar-refractivity contribution is 9.09. The Morgan fingerprint density at radius 2 is 1.22 bits per heavy atom. The topological polar surface area (TPSA) is 9.23 Å². The van der Waals surface area contributed by atoms with Gasteiger partial charge in [-0.2, -0.15) is 0 Å². The fourth-order valence-corrected chi connectivity index (χ4v) is 3.08. The molecule has 3 heteroatoms. The smallest absolute Gasteiger partial charge is 0.0721 e. The highest BCUT2D eigenvalue weighted by atomic mass is 79.9. The van der Waals surface area contributed by atoms with Crippen molar-refractivity contribution in [1.82, 2.24) is 0 Å². The van der Waals surface area contributed by atoms with Crippen LogP contribution in [0.3, 0.4) is 0 Å². The quantitative estimate of drug-likeness (QED) is 0.398. The Labute approximate surface area is 156 Å². The Morgan fingerprint density at radius 3 is 1.61 bits per heavy atom. The van der Waals surface area contributed by atoms with E-state index in [9.17, 15) is 0 Å². The molecule has 2 aromatic rings. The summed E-state index contributed by atoms with van der Waals surface area (Å²) in [6.07, 6.45) is 2.17. The van der Waals surface area contributed by atoms with Crippen LogP contribution in [-0.2, 0) is 18.0 Å². The van der Waals surface area contributed by atoms with Gasteiger partial charge >= 0.3 is 0 Å². The molecule has 0 fully saturated rings. The Morgan fingerprint density at radius 1 is 0.783 bits per heavy atom. The summed E-state index contributed by atoms with van der Waals surface area (Å²) < 4.78 is 5.91. The van der Waals surface area contributed by atoms with Gasteiger partial charge in [-0.15, -0.1) is 0 Å². The van der Waals surface area contributed by atoms with Crippen molar-refractivity contribution in [3.8, 4) is 0 Å². The van der Waals surface area contributed by atoms with Crippen LogP contribution in [0.1, 0.15) is 58.6 Å². The summed E-state index contributed by atoms with van der Waals surface area (Å²) in [5, 5.41) is 0. The van der Waals surface area contributed by atoms with Crippen molar-refractivity contribution < 1.29 is 4.74 Å². The number of ether oxygens (including phenoxy) is 1. The first-order chi connectivity index (χ1) is 11.1. The predicted molar refractivity (Wildman–Crippen MR) is 105 cm³/mol. The predicted octanol–water partition coefficient (Wildman–Crippen LogP) is 7.10. The molecular formula is C20H24Br2O. The zero-order valence-corrected chi connectivity index (χ0v) is 16.9. The normalized spacial score (nSPS) is 13.7. The lowest BCUT2D eigenvalue weighted by molar-refractivity contribution is 0.107. The third-order valence-corrected chi connectivity index (χ3v) is 6.23. The lowest BCUT2D eigenvalue weighted by atomic mass is 10.1. The van der Waals surface area contributed by atoms with Crippen molar-refractivity contribution in [2.75, 3.05) is 0 Å². The summed E-state index contributed by atoms with van der Waals surface area (Å²) in [7, 11) is 0. The van der Waals surface area contributed by atoms with E-state index in [1.54, 1.807) is 0 Å². The van der Waals surface area contributed by atoms with E-state index < -0.39 is 0 Å². The minimum Gasteiger partial charge on any atom is -0.372 e. The maximum absolute atomic E-state index is 5.91. The van der Waals surface area contributed by atoms with Crippen LogP contribution in [-0.4, -0.2) is 0 Å². The highest BCUT2D eigenvalue weighted by Crippen LogP contribution is 2.27. The van der Waals surface area contributed by atoms with Crippen LogP contribution < -0.4 is 0 Å². The third-order valence-electron chi connectivity index (χ3n) is 3.88. The zero-order chi connectivity index (χ0) is 16.7. The molecule has 2 unspecified atom stereocenters. The van der Waals surface area contributed by atoms with E-state index in [1.807, 2.05) is 0 Å². The van der Waals surface area contributed by atoms with Gasteiger partial charge in [0.1, 0.15) is 0 Å². The van der Waals surface area contributed by atoms with E-state index in [0.29, 0.717) is 22.9 Å². The van der Waals surface area contributed by atoms with Gasteiger partial charge in [0.25, 0.3) is 0 Å². The Hall–Kier alpha value is -0.640. The largest absolute Gasteiger partial charge is 0.372 e. The average Bonchev–Trinajstić information content (AvgIpc) is 2.61. The SMILES string of the molecule is CCC(Br)c1cccc(COCc2cccc(C(Br)CC)c2)c1. The molecule has 0 saturated carbocycles. The van der Waals surface area contributed by atoms with Gasteiger partial charge in [0.05, 0.1) is 13.2 Å². The monoisotopic (exact) mass is 438 g/mol. The second-order valence-electron chi connectivity index (χ2n) is 5.73. The summed E-state index contributed by atoms with van der Waals surface area (Å²) in [5.74, 6) is 0. The van der Waals surface area contributed by atoms with Crippen molar-refractivity contribution in [2.45, 2.75) is 49.6 Å². The summed E-state index contributed by atoms with van der Waals surface area (Å²) in [6.45, 7) is 5.66. The fourth-order valence-electron chi connectivity index (χ4n) is 2.51. The molecule has 0 saturated heterocycles. The minimum atomic E-state index is 0.420. The molecule has 0 aliphatic heterocycles. The molecule has 2 aromatic carbocycles. The Kier molecular flexibility index (Phi) is 7.81. The second-order valence-corrected chi connectivity index (χ2v) is 7.95. The molecule has 0 aromatic heterocycles. The summed E-state index contributed by atoms with van der Waals surface area (Å²) in [5.41, 5.74) is 5.09. The number of rotatable bonds is 8. The molecule has 0 aliphatic rings. The van der Waals surface area contributed by atoms with E-state index >= 15 is 0 Å². The van der Waals surface area contributed by atoms with Crippen LogP contribution in [0.2, 0.25) is 0 Å². The van der Waals surface area contributed by atoms with Crippen molar-refractivity contribution in [1.29, 1.82) is 0 Å². The highest BCUT2D eigenvalue weighted by Gasteiger charge is 2.07. The van der Waals surface area contributed by atoms with Crippen LogP contribution in [0.5, 0.6) is 0 Å². The van der Waals surface area contributed by atoms with Gasteiger partial charge in [-0.3, -0.25) is 0 Å². The van der Waals surface area contributed by atoms with Crippen molar-refractivity contribution in [3.05, 3.63) is 70.8 Å². The average molecular weight is 440 g/mol. The van der Waals surface area contributed by atoms with Crippen LogP contribution >= 0.6 is 31.9 Å². The molecule has 0 spiro atoms. The lowest BCUT2D eigenvalue weighted by Crippen LogP contribution is -1.97. The second kappa shape index (κ2) is 9.61. The fraction of sp³-hybridized carbons (Fsp3) is 0.400. The number of halogens is 2. The maximum atomic E-state index is 5.91. The number of benzene rings is 2. The van der Waals surface area contributed by atoms with Crippen molar-refractivity contribution in [2.24, 2.45) is 0 Å². The van der Waals surface area contributed by atoms with Gasteiger partial charge in [0, 0.05) is 9.65 Å². The van der Waals surface area contributed by atoms with Gasteiger partial charge in [-0.1, -0.05) is 94.2 Å². The van der Waals surface area contributed by atoms with Crippen LogP contribution in [0.4, 0.5) is 0 Å². The van der Waals surface area contributed by atoms with Crippen LogP contribution in [0.25, 0.3) is 0 Å². The first-order valence-corrected chi connectivity index (χ1v) is 10.0. The van der Waals surface area contributed by atoms with E-state index in [4.69, 9.17) is 4.74 Å². The first kappa shape index (κ1) is 18.7. The van der Waals surface area contributed by atoms with Gasteiger partial charge in [0.15, 0.2) is 0 Å². The van der Waals surface area contributed by atoms with Crippen molar-refractivity contribution >= 4 is 31.9 Å². The van der Waals surface area contributed by atoms with E-state index in [-0.39, 0.29) is 0 Å². The third kappa shape index (κ3) is 5.74. The summed E-state index contributed by atoms with van der Waals surface area (Å²) >= 11 is 7.41.